The molecule has 1 saturated carbocycles. The molecular formula is C54H44N6. The molecule has 2 aliphatic carbocycles. The van der Waals surface area contributed by atoms with Gasteiger partial charge < -0.3 is 9.80 Å². The van der Waals surface area contributed by atoms with Crippen molar-refractivity contribution in [2.24, 2.45) is 17.8 Å². The van der Waals surface area contributed by atoms with Crippen LogP contribution in [0.1, 0.15) is 43.7 Å². The summed E-state index contributed by atoms with van der Waals surface area (Å²) in [4.78, 5) is 14.5. The molecule has 0 saturated heterocycles. The fourth-order valence-electron chi connectivity index (χ4n) is 10.4. The van der Waals surface area contributed by atoms with E-state index >= 15 is 0 Å². The summed E-state index contributed by atoms with van der Waals surface area (Å²) in [7, 11) is 0. The van der Waals surface area contributed by atoms with Crippen LogP contribution in [-0.2, 0) is 0 Å². The third-order valence-electron chi connectivity index (χ3n) is 12.9. The molecule has 6 unspecified atom stereocenters. The van der Waals surface area contributed by atoms with Crippen molar-refractivity contribution < 1.29 is 0 Å². The maximum Gasteiger partial charge on any atom is 0.133 e. The fourth-order valence-corrected chi connectivity index (χ4v) is 10.4. The van der Waals surface area contributed by atoms with Gasteiger partial charge in [0.1, 0.15) is 11.6 Å². The molecule has 0 bridgehead atoms. The van der Waals surface area contributed by atoms with Crippen molar-refractivity contribution in [3.63, 3.8) is 0 Å². The van der Waals surface area contributed by atoms with Crippen LogP contribution in [0.3, 0.4) is 0 Å². The van der Waals surface area contributed by atoms with Crippen LogP contribution in [0.2, 0.25) is 0 Å². The zero-order chi connectivity index (χ0) is 40.7. The van der Waals surface area contributed by atoms with Gasteiger partial charge in [0.25, 0.3) is 0 Å². The minimum absolute atomic E-state index is 0.00834. The lowest BCUT2D eigenvalue weighted by Crippen LogP contribution is -2.46. The van der Waals surface area contributed by atoms with Gasteiger partial charge in [-0.05, 0) is 105 Å². The molecule has 1 fully saturated rings. The lowest BCUT2D eigenvalue weighted by Gasteiger charge is -2.45. The van der Waals surface area contributed by atoms with Gasteiger partial charge in [0.05, 0.1) is 47.1 Å². The Balaban J connectivity index is 1.14. The van der Waals surface area contributed by atoms with Crippen LogP contribution in [0.25, 0.3) is 37.9 Å². The minimum atomic E-state index is -0.290. The maximum absolute atomic E-state index is 10.9. The van der Waals surface area contributed by atoms with E-state index in [1.165, 1.54) is 10.9 Å². The van der Waals surface area contributed by atoms with Gasteiger partial charge in [0.2, 0.25) is 0 Å². The summed E-state index contributed by atoms with van der Waals surface area (Å²) in [6.07, 6.45) is 9.79. The average Bonchev–Trinajstić information content (AvgIpc) is 3.31. The molecule has 6 aromatic carbocycles. The number of pyridine rings is 2. The number of benzene rings is 6. The van der Waals surface area contributed by atoms with Crippen molar-refractivity contribution in [2.45, 2.75) is 44.7 Å². The van der Waals surface area contributed by atoms with E-state index in [0.29, 0.717) is 11.5 Å². The van der Waals surface area contributed by atoms with E-state index in [9.17, 15) is 10.5 Å². The number of rotatable bonds is 8. The van der Waals surface area contributed by atoms with Gasteiger partial charge in [-0.3, -0.25) is 0 Å². The van der Waals surface area contributed by atoms with Crippen molar-refractivity contribution in [1.82, 2.24) is 9.97 Å². The molecule has 60 heavy (non-hydrogen) atoms. The summed E-state index contributed by atoms with van der Waals surface area (Å²) >= 11 is 0. The molecule has 6 heteroatoms. The zero-order valence-corrected chi connectivity index (χ0v) is 33.7. The third kappa shape index (κ3) is 6.33. The maximum atomic E-state index is 10.9. The van der Waals surface area contributed by atoms with E-state index in [2.05, 4.69) is 139 Å². The van der Waals surface area contributed by atoms with Crippen LogP contribution in [0.15, 0.2) is 176 Å². The van der Waals surface area contributed by atoms with Gasteiger partial charge in [-0.25, -0.2) is 9.97 Å². The van der Waals surface area contributed by atoms with Gasteiger partial charge in [0, 0.05) is 29.1 Å². The highest BCUT2D eigenvalue weighted by atomic mass is 15.2. The molecule has 6 nitrogen and oxygen atoms in total. The van der Waals surface area contributed by atoms with Crippen LogP contribution < -0.4 is 9.80 Å². The summed E-state index contributed by atoms with van der Waals surface area (Å²) in [6.45, 7) is 4.51. The first-order chi connectivity index (χ1) is 29.5. The van der Waals surface area contributed by atoms with E-state index in [1.807, 2.05) is 67.0 Å². The Hall–Kier alpha value is -7.28. The van der Waals surface area contributed by atoms with E-state index in [1.54, 1.807) is 0 Å². The molecular weight excluding hydrogens is 733 g/mol. The predicted octanol–water partition coefficient (Wildman–Crippen LogP) is 12.9. The SMILES string of the molecule is CC1C=C(c2ccccc2)C=C(C#N)C1N(c1ccccn1)c1ccc2ccc3c(N(c4ccccn4)C4C(C)CC(c5ccccc5)CC4C#N)ccc4ccc1c2c43. The summed E-state index contributed by atoms with van der Waals surface area (Å²) in [5.74, 6) is 1.93. The van der Waals surface area contributed by atoms with Crippen molar-refractivity contribution in [1.29, 1.82) is 10.5 Å². The molecule has 2 heterocycles. The first kappa shape index (κ1) is 37.0. The Labute approximate surface area is 351 Å². The lowest BCUT2D eigenvalue weighted by molar-refractivity contribution is 0.248. The monoisotopic (exact) mass is 776 g/mol. The van der Waals surface area contributed by atoms with E-state index in [-0.39, 0.29) is 29.8 Å². The number of nitrogens with zero attached hydrogens (tertiary/aromatic N) is 6. The molecule has 10 rings (SSSR count). The number of anilines is 4. The van der Waals surface area contributed by atoms with E-state index < -0.39 is 0 Å². The second-order valence-electron chi connectivity index (χ2n) is 16.5. The molecule has 6 atom stereocenters. The average molecular weight is 777 g/mol. The lowest BCUT2D eigenvalue weighted by atomic mass is 9.70. The largest absolute Gasteiger partial charge is 0.321 e. The van der Waals surface area contributed by atoms with E-state index in [0.717, 1.165) is 73.9 Å². The van der Waals surface area contributed by atoms with Crippen LogP contribution in [0.4, 0.5) is 23.0 Å². The smallest absolute Gasteiger partial charge is 0.133 e. The first-order valence-corrected chi connectivity index (χ1v) is 21.0. The van der Waals surface area contributed by atoms with Crippen molar-refractivity contribution in [3.05, 3.63) is 187 Å². The first-order valence-electron chi connectivity index (χ1n) is 21.0. The molecule has 2 aromatic heterocycles. The number of allylic oxidation sites excluding steroid dienone is 2. The Morgan fingerprint density at radius 2 is 1.17 bits per heavy atom. The summed E-state index contributed by atoms with van der Waals surface area (Å²) in [6, 6.07) is 55.9. The second-order valence-corrected chi connectivity index (χ2v) is 16.5. The van der Waals surface area contributed by atoms with Crippen molar-refractivity contribution >= 4 is 60.9 Å². The molecule has 8 aromatic rings. The Bertz CT molecular complexity index is 2970. The second kappa shape index (κ2) is 15.5. The summed E-state index contributed by atoms with van der Waals surface area (Å²) in [5, 5.41) is 28.5. The van der Waals surface area contributed by atoms with Gasteiger partial charge in [-0.15, -0.1) is 0 Å². The fraction of sp³-hybridized carbons (Fsp3) is 0.185. The standard InChI is InChI=1S/C54H44N6/c1-35-29-41(37-13-5-3-6-14-37)31-43(33-55)53(35)59(49-17-9-11-27-57-49)47-25-21-39-20-24-46-48(26-22-40-19-23-45(47)51(39)52(40)46)60(50-18-10-12-28-58-50)54-36(2)30-42(32-44(54)34-56)38-15-7-4-8-16-38/h3-29,31,35-36,42,44,53-54H,30,32H2,1-2H3. The highest BCUT2D eigenvalue weighted by molar-refractivity contribution is 6.27. The van der Waals surface area contributed by atoms with Crippen LogP contribution in [-0.4, -0.2) is 22.1 Å². The normalized spacial score (nSPS) is 21.5. The Kier molecular flexibility index (Phi) is 9.55. The molecule has 290 valence electrons. The third-order valence-corrected chi connectivity index (χ3v) is 12.9. The van der Waals surface area contributed by atoms with Crippen LogP contribution in [0, 0.1) is 40.4 Å². The summed E-state index contributed by atoms with van der Waals surface area (Å²) < 4.78 is 0. The number of nitriles is 2. The van der Waals surface area contributed by atoms with Crippen molar-refractivity contribution in [2.75, 3.05) is 9.80 Å². The van der Waals surface area contributed by atoms with Gasteiger partial charge >= 0.3 is 0 Å². The molecule has 0 N–H and O–H groups in total. The van der Waals surface area contributed by atoms with Crippen molar-refractivity contribution in [3.8, 4) is 12.1 Å². The Morgan fingerprint density at radius 1 is 0.600 bits per heavy atom. The number of aromatic nitrogens is 2. The number of hydrogen-bond acceptors (Lipinski definition) is 6. The highest BCUT2D eigenvalue weighted by Crippen LogP contribution is 2.49. The van der Waals surface area contributed by atoms with E-state index in [4.69, 9.17) is 9.97 Å². The van der Waals surface area contributed by atoms with Gasteiger partial charge in [0.15, 0.2) is 0 Å². The summed E-state index contributed by atoms with van der Waals surface area (Å²) in [5.41, 5.74) is 6.19. The topological polar surface area (TPSA) is 79.8 Å². The number of hydrogen-bond donors (Lipinski definition) is 0. The molecule has 2 aliphatic rings. The molecule has 0 radical (unpaired) electrons. The van der Waals surface area contributed by atoms with Gasteiger partial charge in [-0.2, -0.15) is 10.5 Å². The van der Waals surface area contributed by atoms with Crippen LogP contribution >= 0.6 is 0 Å². The predicted molar refractivity (Wildman–Crippen MR) is 244 cm³/mol. The minimum Gasteiger partial charge on any atom is -0.321 e. The quantitative estimate of drug-likeness (QED) is 0.143. The van der Waals surface area contributed by atoms with Crippen LogP contribution in [0.5, 0.6) is 0 Å². The highest BCUT2D eigenvalue weighted by Gasteiger charge is 2.42. The molecule has 0 aliphatic heterocycles. The molecule has 0 amide bonds. The Morgan fingerprint density at radius 3 is 1.75 bits per heavy atom. The van der Waals surface area contributed by atoms with Gasteiger partial charge in [-0.1, -0.05) is 129 Å². The molecule has 0 spiro atoms. The zero-order valence-electron chi connectivity index (χ0n) is 33.7.